The molecule has 3 aliphatic rings. The van der Waals surface area contributed by atoms with Gasteiger partial charge in [-0.25, -0.2) is 4.58 Å². The van der Waals surface area contributed by atoms with Gasteiger partial charge in [0.15, 0.2) is 5.71 Å². The molecule has 0 aromatic heterocycles. The van der Waals surface area contributed by atoms with Gasteiger partial charge in [-0.2, -0.15) is 0 Å². The summed E-state index contributed by atoms with van der Waals surface area (Å²) in [6.07, 6.45) is 18.3. The van der Waals surface area contributed by atoms with E-state index in [0.29, 0.717) is 0 Å². The normalized spacial score (nSPS) is 24.8. The van der Waals surface area contributed by atoms with Gasteiger partial charge in [0.2, 0.25) is 0 Å². The molecule has 3 rings (SSSR count). The lowest BCUT2D eigenvalue weighted by molar-refractivity contribution is -0.487. The van der Waals surface area contributed by atoms with Gasteiger partial charge in [0, 0.05) is 38.2 Å². The van der Waals surface area contributed by atoms with Crippen LogP contribution in [-0.2, 0) is 0 Å². The summed E-state index contributed by atoms with van der Waals surface area (Å²) in [6.45, 7) is 8.73. The Balaban J connectivity index is 0.00000109. The third-order valence-electron chi connectivity index (χ3n) is 5.64. The third kappa shape index (κ3) is 5.20. The Morgan fingerprint density at radius 3 is 2.36 bits per heavy atom. The van der Waals surface area contributed by atoms with Crippen LogP contribution in [0.25, 0.3) is 0 Å². The molecule has 0 saturated carbocycles. The summed E-state index contributed by atoms with van der Waals surface area (Å²) >= 11 is 0. The number of hydrogen-bond acceptors (Lipinski definition) is 1. The summed E-state index contributed by atoms with van der Waals surface area (Å²) in [5, 5.41) is 0. The van der Waals surface area contributed by atoms with Gasteiger partial charge >= 0.3 is 0 Å². The van der Waals surface area contributed by atoms with E-state index in [2.05, 4.69) is 54.8 Å². The van der Waals surface area contributed by atoms with E-state index in [0.717, 1.165) is 0 Å². The lowest BCUT2D eigenvalue weighted by Gasteiger charge is -2.19. The fourth-order valence-corrected chi connectivity index (χ4v) is 3.95. The van der Waals surface area contributed by atoms with Gasteiger partial charge < -0.3 is 4.90 Å². The average Bonchev–Trinajstić information content (AvgIpc) is 3.23. The van der Waals surface area contributed by atoms with Crippen molar-refractivity contribution in [3.8, 4) is 0 Å². The Kier molecular flexibility index (Phi) is 7.74. The van der Waals surface area contributed by atoms with E-state index in [1.54, 1.807) is 0 Å². The Morgan fingerprint density at radius 2 is 1.72 bits per heavy atom. The van der Waals surface area contributed by atoms with Gasteiger partial charge in [0.25, 0.3) is 0 Å². The van der Waals surface area contributed by atoms with Gasteiger partial charge in [0.1, 0.15) is 13.6 Å². The maximum absolute atomic E-state index is 2.40. The largest absolute Gasteiger partial charge is 0.378 e. The molecule has 1 aliphatic carbocycles. The zero-order chi connectivity index (χ0) is 18.2. The highest BCUT2D eigenvalue weighted by atomic mass is 15.1. The quantitative estimate of drug-likeness (QED) is 0.616. The average molecular weight is 342 g/mol. The second-order valence-electron chi connectivity index (χ2n) is 7.23. The van der Waals surface area contributed by atoms with Crippen molar-refractivity contribution < 1.29 is 4.58 Å². The minimum Gasteiger partial charge on any atom is -0.378 e. The van der Waals surface area contributed by atoms with Crippen molar-refractivity contribution in [1.82, 2.24) is 4.90 Å². The van der Waals surface area contributed by atoms with Crippen molar-refractivity contribution in [1.29, 1.82) is 0 Å². The molecule has 1 fully saturated rings. The van der Waals surface area contributed by atoms with Crippen LogP contribution in [0.5, 0.6) is 0 Å². The summed E-state index contributed by atoms with van der Waals surface area (Å²) in [7, 11) is 4.43. The van der Waals surface area contributed by atoms with Crippen molar-refractivity contribution in [2.24, 2.45) is 0 Å². The second kappa shape index (κ2) is 9.79. The summed E-state index contributed by atoms with van der Waals surface area (Å²) in [4.78, 5) is 2.40. The molecule has 0 spiro atoms. The van der Waals surface area contributed by atoms with Crippen LogP contribution in [0, 0.1) is 0 Å². The van der Waals surface area contributed by atoms with Crippen LogP contribution >= 0.6 is 0 Å². The summed E-state index contributed by atoms with van der Waals surface area (Å²) < 4.78 is 2.40. The molecule has 0 aromatic carbocycles. The van der Waals surface area contributed by atoms with Gasteiger partial charge in [-0.05, 0) is 61.8 Å². The Morgan fingerprint density at radius 1 is 0.920 bits per heavy atom. The van der Waals surface area contributed by atoms with Gasteiger partial charge in [-0.15, -0.1) is 0 Å². The highest BCUT2D eigenvalue weighted by molar-refractivity contribution is 5.91. The fraction of sp³-hybridized carbons (Fsp3) is 0.609. The number of rotatable bonds is 3. The van der Waals surface area contributed by atoms with Crippen LogP contribution in [0.3, 0.4) is 0 Å². The van der Waals surface area contributed by atoms with E-state index in [4.69, 9.17) is 0 Å². The van der Waals surface area contributed by atoms with Crippen LogP contribution in [0.1, 0.15) is 65.7 Å². The monoisotopic (exact) mass is 341 g/mol. The lowest BCUT2D eigenvalue weighted by Crippen LogP contribution is -2.09. The minimum absolute atomic E-state index is 1.21. The van der Waals surface area contributed by atoms with E-state index >= 15 is 0 Å². The first kappa shape index (κ1) is 19.8. The SMILES string of the molecule is CC.CC1=C(/C=C/C2=[N+](C)CCC2)CCC/C1=C\C=C1/CCCN1C. The smallest absolute Gasteiger partial charge is 0.176 e. The number of nitrogens with zero attached hydrogens (tertiary/aromatic N) is 2. The highest BCUT2D eigenvalue weighted by Gasteiger charge is 2.17. The first-order valence-electron chi connectivity index (χ1n) is 10.2. The summed E-state index contributed by atoms with van der Waals surface area (Å²) in [6, 6.07) is 0. The molecule has 25 heavy (non-hydrogen) atoms. The molecule has 0 atom stereocenters. The molecule has 0 unspecified atom stereocenters. The van der Waals surface area contributed by atoms with E-state index in [9.17, 15) is 0 Å². The number of allylic oxidation sites excluding steroid dienone is 8. The van der Waals surface area contributed by atoms with Crippen molar-refractivity contribution in [2.45, 2.75) is 65.7 Å². The van der Waals surface area contributed by atoms with Gasteiger partial charge in [-0.3, -0.25) is 0 Å². The maximum Gasteiger partial charge on any atom is 0.176 e. The van der Waals surface area contributed by atoms with Gasteiger partial charge in [0.05, 0.1) is 0 Å². The summed E-state index contributed by atoms with van der Waals surface area (Å²) in [5.41, 5.74) is 7.57. The van der Waals surface area contributed by atoms with Crippen LogP contribution < -0.4 is 0 Å². The third-order valence-corrected chi connectivity index (χ3v) is 5.64. The van der Waals surface area contributed by atoms with Crippen LogP contribution in [-0.4, -0.2) is 42.4 Å². The van der Waals surface area contributed by atoms with E-state index < -0.39 is 0 Å². The molecule has 1 saturated heterocycles. The molecule has 138 valence electrons. The zero-order valence-corrected chi connectivity index (χ0v) is 17.1. The lowest BCUT2D eigenvalue weighted by atomic mass is 9.87. The van der Waals surface area contributed by atoms with Crippen molar-refractivity contribution in [3.05, 3.63) is 46.7 Å². The number of likely N-dealkylation sites (tertiary alicyclic amines) is 1. The molecule has 2 heteroatoms. The molecule has 0 amide bonds. The van der Waals surface area contributed by atoms with Crippen molar-refractivity contribution in [3.63, 3.8) is 0 Å². The second-order valence-corrected chi connectivity index (χ2v) is 7.23. The maximum atomic E-state index is 2.40. The number of hydrogen-bond donors (Lipinski definition) is 0. The Bertz CT molecular complexity index is 614. The zero-order valence-electron chi connectivity index (χ0n) is 17.1. The van der Waals surface area contributed by atoms with E-state index in [1.165, 1.54) is 86.2 Å². The molecule has 2 heterocycles. The fourth-order valence-electron chi connectivity index (χ4n) is 3.95. The minimum atomic E-state index is 1.21. The van der Waals surface area contributed by atoms with Crippen molar-refractivity contribution >= 4 is 5.71 Å². The molecule has 0 aromatic rings. The Labute approximate surface area is 155 Å². The molecule has 0 bridgehead atoms. The van der Waals surface area contributed by atoms with E-state index in [1.807, 2.05) is 13.8 Å². The standard InChI is InChI=1S/C21H31N2.C2H6/c1-17-18(11-13-20-9-5-15-22(20)2)7-4-8-19(17)12-14-21-10-6-16-23(21)3;1-2/h11-14H,4-10,15-16H2,1-3H3;1-2H3/q+1;. The highest BCUT2D eigenvalue weighted by Crippen LogP contribution is 2.31. The molecule has 0 N–H and O–H groups in total. The molecule has 2 aliphatic heterocycles. The van der Waals surface area contributed by atoms with Crippen molar-refractivity contribution in [2.75, 3.05) is 27.2 Å². The van der Waals surface area contributed by atoms with Gasteiger partial charge in [-0.1, -0.05) is 26.0 Å². The van der Waals surface area contributed by atoms with Crippen LogP contribution in [0.15, 0.2) is 46.7 Å². The molecular weight excluding hydrogens is 304 g/mol. The topological polar surface area (TPSA) is 6.25 Å². The predicted octanol–water partition coefficient (Wildman–Crippen LogP) is 5.48. The van der Waals surface area contributed by atoms with E-state index in [-0.39, 0.29) is 0 Å². The summed E-state index contributed by atoms with van der Waals surface area (Å²) in [5.74, 6) is 0. The first-order valence-corrected chi connectivity index (χ1v) is 10.2. The first-order chi connectivity index (χ1) is 12.1. The van der Waals surface area contributed by atoms with Crippen LogP contribution in [0.2, 0.25) is 0 Å². The molecule has 2 nitrogen and oxygen atoms in total. The Hall–Kier alpha value is -1.57. The molecular formula is C23H37N2+. The molecule has 0 radical (unpaired) electrons. The predicted molar refractivity (Wildman–Crippen MR) is 110 cm³/mol. The van der Waals surface area contributed by atoms with Crippen LogP contribution in [0.4, 0.5) is 0 Å².